The van der Waals surface area contributed by atoms with Gasteiger partial charge in [-0.15, -0.1) is 0 Å². The summed E-state index contributed by atoms with van der Waals surface area (Å²) in [6.07, 6.45) is 0.248. The molecule has 6 nitrogen and oxygen atoms in total. The first-order valence-electron chi connectivity index (χ1n) is 5.58. The van der Waals surface area contributed by atoms with E-state index in [0.29, 0.717) is 16.3 Å². The van der Waals surface area contributed by atoms with Crippen molar-refractivity contribution in [3.8, 4) is 5.75 Å². The maximum Gasteiger partial charge on any atom is 0.255 e. The van der Waals surface area contributed by atoms with Gasteiger partial charge in [-0.25, -0.2) is 0 Å². The molecule has 1 atom stereocenters. The Kier molecular flexibility index (Phi) is 5.44. The molecule has 7 heteroatoms. The lowest BCUT2D eigenvalue weighted by Gasteiger charge is -2.14. The maximum atomic E-state index is 12.0. The van der Waals surface area contributed by atoms with E-state index in [9.17, 15) is 4.79 Å². The number of hydrogen-bond donors (Lipinski definition) is 3. The molecule has 1 unspecified atom stereocenters. The first kappa shape index (κ1) is 15.1. The van der Waals surface area contributed by atoms with Crippen LogP contribution in [0.5, 0.6) is 5.75 Å². The van der Waals surface area contributed by atoms with Crippen LogP contribution in [0.1, 0.15) is 23.7 Å². The number of rotatable bonds is 5. The summed E-state index contributed by atoms with van der Waals surface area (Å²) >= 11 is 5.82. The van der Waals surface area contributed by atoms with Gasteiger partial charge in [0.05, 0.1) is 12.7 Å². The van der Waals surface area contributed by atoms with Gasteiger partial charge in [0, 0.05) is 17.5 Å². The van der Waals surface area contributed by atoms with Crippen LogP contribution in [0.2, 0.25) is 5.02 Å². The molecule has 0 heterocycles. The molecule has 0 aliphatic carbocycles. The second-order valence-corrected chi connectivity index (χ2v) is 4.45. The van der Waals surface area contributed by atoms with Gasteiger partial charge in [-0.1, -0.05) is 16.8 Å². The minimum atomic E-state index is -0.313. The van der Waals surface area contributed by atoms with Crippen LogP contribution in [0.15, 0.2) is 23.4 Å². The Morgan fingerprint density at radius 2 is 2.32 bits per heavy atom. The SMILES string of the molecule is COc1cc(Cl)ccc1C(=O)NC(C)CC(N)=NO. The van der Waals surface area contributed by atoms with E-state index in [-0.39, 0.29) is 24.2 Å². The van der Waals surface area contributed by atoms with Gasteiger partial charge in [0.25, 0.3) is 5.91 Å². The van der Waals surface area contributed by atoms with Crippen molar-refractivity contribution in [2.24, 2.45) is 10.9 Å². The number of nitrogens with two attached hydrogens (primary N) is 1. The Bertz CT molecular complexity index is 491. The van der Waals surface area contributed by atoms with E-state index in [1.807, 2.05) is 0 Å². The minimum Gasteiger partial charge on any atom is -0.496 e. The number of amides is 1. The Morgan fingerprint density at radius 3 is 2.89 bits per heavy atom. The van der Waals surface area contributed by atoms with Crippen LogP contribution >= 0.6 is 11.6 Å². The van der Waals surface area contributed by atoms with Gasteiger partial charge < -0.3 is 21.0 Å². The zero-order chi connectivity index (χ0) is 14.4. The van der Waals surface area contributed by atoms with Crippen molar-refractivity contribution in [1.29, 1.82) is 0 Å². The number of methoxy groups -OCH3 is 1. The van der Waals surface area contributed by atoms with Gasteiger partial charge in [-0.3, -0.25) is 4.79 Å². The number of nitrogens with zero attached hydrogens (tertiary/aromatic N) is 1. The predicted octanol–water partition coefficient (Wildman–Crippen LogP) is 1.60. The van der Waals surface area contributed by atoms with E-state index in [4.69, 9.17) is 27.3 Å². The topological polar surface area (TPSA) is 96.9 Å². The van der Waals surface area contributed by atoms with Gasteiger partial charge in [0.1, 0.15) is 11.6 Å². The van der Waals surface area contributed by atoms with E-state index >= 15 is 0 Å². The Morgan fingerprint density at radius 1 is 1.63 bits per heavy atom. The molecule has 0 spiro atoms. The number of carbonyl (C=O) groups is 1. The largest absolute Gasteiger partial charge is 0.496 e. The molecular weight excluding hydrogens is 270 g/mol. The zero-order valence-corrected chi connectivity index (χ0v) is 11.4. The van der Waals surface area contributed by atoms with Gasteiger partial charge in [0.2, 0.25) is 0 Å². The Balaban J connectivity index is 2.78. The molecule has 0 aliphatic rings. The van der Waals surface area contributed by atoms with Gasteiger partial charge in [-0.2, -0.15) is 0 Å². The highest BCUT2D eigenvalue weighted by atomic mass is 35.5. The van der Waals surface area contributed by atoms with Crippen LogP contribution in [0, 0.1) is 0 Å². The van der Waals surface area contributed by atoms with Crippen molar-refractivity contribution in [2.45, 2.75) is 19.4 Å². The minimum absolute atomic E-state index is 0.0517. The molecule has 0 bridgehead atoms. The van der Waals surface area contributed by atoms with Crippen LogP contribution in [0.3, 0.4) is 0 Å². The summed E-state index contributed by atoms with van der Waals surface area (Å²) in [4.78, 5) is 12.0. The molecule has 0 saturated carbocycles. The van der Waals surface area contributed by atoms with Crippen LogP contribution in [0.4, 0.5) is 0 Å². The average molecular weight is 286 g/mol. The summed E-state index contributed by atoms with van der Waals surface area (Å²) in [5, 5.41) is 14.5. The first-order valence-corrected chi connectivity index (χ1v) is 5.96. The monoisotopic (exact) mass is 285 g/mol. The molecule has 1 rings (SSSR count). The van der Waals surface area contributed by atoms with Crippen molar-refractivity contribution >= 4 is 23.3 Å². The summed E-state index contributed by atoms with van der Waals surface area (Å²) in [7, 11) is 1.46. The standard InChI is InChI=1S/C12H16ClN3O3/c1-7(5-11(14)16-18)15-12(17)9-4-3-8(13)6-10(9)19-2/h3-4,6-7,18H,5H2,1-2H3,(H2,14,16)(H,15,17). The van der Waals surface area contributed by atoms with E-state index in [1.165, 1.54) is 7.11 Å². The predicted molar refractivity (Wildman–Crippen MR) is 73.0 cm³/mol. The molecule has 0 radical (unpaired) electrons. The molecule has 0 saturated heterocycles. The van der Waals surface area contributed by atoms with Crippen LogP contribution < -0.4 is 15.8 Å². The molecule has 0 fully saturated rings. The normalized spacial score (nSPS) is 12.9. The highest BCUT2D eigenvalue weighted by Crippen LogP contribution is 2.23. The lowest BCUT2D eigenvalue weighted by Crippen LogP contribution is -2.36. The smallest absolute Gasteiger partial charge is 0.255 e. The highest BCUT2D eigenvalue weighted by Gasteiger charge is 2.15. The molecule has 19 heavy (non-hydrogen) atoms. The van der Waals surface area contributed by atoms with Crippen LogP contribution in [-0.2, 0) is 0 Å². The van der Waals surface area contributed by atoms with Crippen LogP contribution in [-0.4, -0.2) is 30.1 Å². The Hall–Kier alpha value is -1.95. The summed E-state index contributed by atoms with van der Waals surface area (Å²) in [6, 6.07) is 4.47. The van der Waals surface area contributed by atoms with E-state index in [1.54, 1.807) is 25.1 Å². The van der Waals surface area contributed by atoms with Gasteiger partial charge in [0.15, 0.2) is 0 Å². The molecule has 104 valence electrons. The molecular formula is C12H16ClN3O3. The summed E-state index contributed by atoms with van der Waals surface area (Å²) in [5.41, 5.74) is 5.74. The quantitative estimate of drug-likeness (QED) is 0.331. The molecule has 0 aromatic heterocycles. The van der Waals surface area contributed by atoms with Crippen molar-refractivity contribution in [1.82, 2.24) is 5.32 Å². The lowest BCUT2D eigenvalue weighted by atomic mass is 10.1. The zero-order valence-electron chi connectivity index (χ0n) is 10.7. The fourth-order valence-electron chi connectivity index (χ4n) is 1.56. The number of oxime groups is 1. The summed E-state index contributed by atoms with van der Waals surface area (Å²) < 4.78 is 5.10. The summed E-state index contributed by atoms with van der Waals surface area (Å²) in [6.45, 7) is 1.75. The van der Waals surface area contributed by atoms with E-state index in [0.717, 1.165) is 0 Å². The van der Waals surface area contributed by atoms with Crippen molar-refractivity contribution < 1.29 is 14.7 Å². The van der Waals surface area contributed by atoms with E-state index < -0.39 is 0 Å². The lowest BCUT2D eigenvalue weighted by molar-refractivity contribution is 0.0938. The number of amidine groups is 1. The molecule has 4 N–H and O–H groups in total. The molecule has 1 amide bonds. The number of nitrogens with one attached hydrogen (secondary N) is 1. The second-order valence-electron chi connectivity index (χ2n) is 4.01. The molecule has 1 aromatic carbocycles. The molecule has 0 aliphatic heterocycles. The average Bonchev–Trinajstić information content (AvgIpc) is 2.37. The van der Waals surface area contributed by atoms with Crippen LogP contribution in [0.25, 0.3) is 0 Å². The maximum absolute atomic E-state index is 12.0. The third-order valence-electron chi connectivity index (χ3n) is 2.43. The third kappa shape index (κ3) is 4.33. The van der Waals surface area contributed by atoms with Crippen molar-refractivity contribution in [2.75, 3.05) is 7.11 Å². The third-order valence-corrected chi connectivity index (χ3v) is 2.66. The highest BCUT2D eigenvalue weighted by molar-refractivity contribution is 6.30. The number of hydrogen-bond acceptors (Lipinski definition) is 4. The van der Waals surface area contributed by atoms with Gasteiger partial charge >= 0.3 is 0 Å². The molecule has 1 aromatic rings. The van der Waals surface area contributed by atoms with Crippen molar-refractivity contribution in [3.63, 3.8) is 0 Å². The van der Waals surface area contributed by atoms with E-state index in [2.05, 4.69) is 10.5 Å². The van der Waals surface area contributed by atoms with Crippen molar-refractivity contribution in [3.05, 3.63) is 28.8 Å². The number of benzene rings is 1. The fourth-order valence-corrected chi connectivity index (χ4v) is 1.72. The first-order chi connectivity index (χ1) is 8.97. The number of carbonyl (C=O) groups excluding carboxylic acids is 1. The fraction of sp³-hybridized carbons (Fsp3) is 0.333. The Labute approximate surface area is 116 Å². The summed E-state index contributed by atoms with van der Waals surface area (Å²) in [5.74, 6) is 0.128. The number of ether oxygens (including phenoxy) is 1. The van der Waals surface area contributed by atoms with Gasteiger partial charge in [-0.05, 0) is 25.1 Å². The number of halogens is 1. The second kappa shape index (κ2) is 6.84.